The van der Waals surface area contributed by atoms with Gasteiger partial charge in [0.05, 0.1) is 20.8 Å². The third-order valence-electron chi connectivity index (χ3n) is 2.44. The van der Waals surface area contributed by atoms with Crippen LogP contribution in [0, 0.1) is 10.7 Å². The maximum Gasteiger partial charge on any atom is 1.00 e. The van der Waals surface area contributed by atoms with Gasteiger partial charge in [-0.05, 0) is 67.8 Å². The Kier molecular flexibility index (Phi) is 9.69. The van der Waals surface area contributed by atoms with Gasteiger partial charge in [0.15, 0.2) is 0 Å². The fourth-order valence-corrected chi connectivity index (χ4v) is 5.88. The van der Waals surface area contributed by atoms with E-state index in [2.05, 4.69) is 5.32 Å². The number of carboxylic acid groups (broad SMARTS) is 1. The van der Waals surface area contributed by atoms with Crippen molar-refractivity contribution in [2.45, 2.75) is 6.92 Å². The Balaban J connectivity index is 0.00000441. The molecule has 0 bridgehead atoms. The average molecular weight is 650 g/mol. The molecule has 0 atom stereocenters. The summed E-state index contributed by atoms with van der Waals surface area (Å²) < 4.78 is 1.14. The van der Waals surface area contributed by atoms with Crippen LogP contribution in [0.25, 0.3) is 0 Å². The van der Waals surface area contributed by atoms with Crippen molar-refractivity contribution in [3.8, 4) is 0 Å². The molecule has 22 heavy (non-hydrogen) atoms. The van der Waals surface area contributed by atoms with E-state index in [1.54, 1.807) is 14.1 Å². The molecule has 10 heteroatoms. The molecular formula is C12H10I3N2NaO4. The number of aromatic carboxylic acids is 1. The summed E-state index contributed by atoms with van der Waals surface area (Å²) in [5.41, 5.74) is 0.462. The Morgan fingerprint density at radius 1 is 1.00 bits per heavy atom. The van der Waals surface area contributed by atoms with Gasteiger partial charge in [-0.25, -0.2) is 0 Å². The van der Waals surface area contributed by atoms with Crippen LogP contribution >= 0.6 is 67.8 Å². The van der Waals surface area contributed by atoms with Gasteiger partial charge in [0, 0.05) is 33.7 Å². The molecule has 1 rings (SSSR count). The first kappa shape index (κ1) is 22.8. The van der Waals surface area contributed by atoms with Crippen molar-refractivity contribution < 1.29 is 49.0 Å². The van der Waals surface area contributed by atoms with E-state index in [4.69, 9.17) is 0 Å². The van der Waals surface area contributed by atoms with E-state index in [1.807, 2.05) is 67.8 Å². The molecule has 0 spiro atoms. The van der Waals surface area contributed by atoms with Gasteiger partial charge in [-0.2, -0.15) is 0 Å². The Bertz CT molecular complexity index is 650. The van der Waals surface area contributed by atoms with Crippen molar-refractivity contribution >= 4 is 91.2 Å². The van der Waals surface area contributed by atoms with Crippen LogP contribution in [-0.2, 0) is 4.79 Å². The average Bonchev–Trinajstić information content (AvgIpc) is 2.33. The number of carbonyl (C=O) groups excluding carboxylic acids is 3. The first-order valence-corrected chi connectivity index (χ1v) is 8.74. The van der Waals surface area contributed by atoms with Crippen molar-refractivity contribution in [1.82, 2.24) is 4.90 Å². The standard InChI is InChI=1S/C12H11I3N2O4.Na/c1-4(18)16-10-8(14)5(11(19)17(2)3)7(13)6(9(10)15)12(20)21;/h1-3H3,(H,16,18)(H,20,21);/q;+1/p-1. The quantitative estimate of drug-likeness (QED) is 0.320. The minimum Gasteiger partial charge on any atom is -0.545 e. The van der Waals surface area contributed by atoms with Gasteiger partial charge in [0.2, 0.25) is 5.91 Å². The van der Waals surface area contributed by atoms with Crippen LogP contribution in [0.4, 0.5) is 5.69 Å². The Morgan fingerprint density at radius 3 is 1.82 bits per heavy atom. The van der Waals surface area contributed by atoms with Crippen LogP contribution in [0.15, 0.2) is 0 Å². The molecule has 114 valence electrons. The molecule has 0 unspecified atom stereocenters. The summed E-state index contributed by atoms with van der Waals surface area (Å²) in [6.45, 7) is 1.32. The fourth-order valence-electron chi connectivity index (χ4n) is 1.54. The summed E-state index contributed by atoms with van der Waals surface area (Å²) in [6, 6.07) is 0. The van der Waals surface area contributed by atoms with E-state index in [0.29, 0.717) is 16.4 Å². The summed E-state index contributed by atoms with van der Waals surface area (Å²) in [5.74, 6) is -2.08. The van der Waals surface area contributed by atoms with Crippen LogP contribution < -0.4 is 40.0 Å². The zero-order chi connectivity index (χ0) is 16.5. The van der Waals surface area contributed by atoms with Crippen molar-refractivity contribution in [1.29, 1.82) is 0 Å². The molecule has 1 N–H and O–H groups in total. The van der Waals surface area contributed by atoms with Gasteiger partial charge in [0.1, 0.15) is 0 Å². The predicted molar refractivity (Wildman–Crippen MR) is 101 cm³/mol. The number of nitrogens with one attached hydrogen (secondary N) is 1. The summed E-state index contributed by atoms with van der Waals surface area (Å²) in [6.07, 6.45) is 0. The number of nitrogens with zero attached hydrogens (tertiary/aromatic N) is 1. The number of anilines is 1. The van der Waals surface area contributed by atoms with E-state index in [-0.39, 0.29) is 52.5 Å². The molecule has 0 saturated heterocycles. The minimum absolute atomic E-state index is 0. The summed E-state index contributed by atoms with van der Waals surface area (Å²) in [5, 5.41) is 14.0. The Labute approximate surface area is 190 Å². The molecule has 0 aliphatic rings. The first-order chi connectivity index (χ1) is 9.59. The molecule has 0 radical (unpaired) electrons. The maximum atomic E-state index is 12.3. The summed E-state index contributed by atoms with van der Waals surface area (Å²) >= 11 is 5.57. The van der Waals surface area contributed by atoms with Crippen LogP contribution in [0.2, 0.25) is 0 Å². The van der Waals surface area contributed by atoms with Gasteiger partial charge in [-0.1, -0.05) is 0 Å². The van der Waals surface area contributed by atoms with Crippen LogP contribution in [0.5, 0.6) is 0 Å². The van der Waals surface area contributed by atoms with Crippen LogP contribution in [-0.4, -0.2) is 36.8 Å². The number of halogens is 3. The molecule has 1 aromatic rings. The molecule has 1 aromatic carbocycles. The molecular weight excluding hydrogens is 640 g/mol. The molecule has 0 saturated carbocycles. The van der Waals surface area contributed by atoms with Crippen molar-refractivity contribution in [3.05, 3.63) is 21.8 Å². The van der Waals surface area contributed by atoms with E-state index >= 15 is 0 Å². The number of benzene rings is 1. The van der Waals surface area contributed by atoms with E-state index in [9.17, 15) is 19.5 Å². The summed E-state index contributed by atoms with van der Waals surface area (Å²) in [4.78, 5) is 36.3. The first-order valence-electron chi connectivity index (χ1n) is 5.50. The Hall–Kier alpha value is 0.820. The van der Waals surface area contributed by atoms with E-state index < -0.39 is 5.97 Å². The number of hydrogen-bond acceptors (Lipinski definition) is 4. The third-order valence-corrected chi connectivity index (χ3v) is 5.68. The maximum absolute atomic E-state index is 12.3. The van der Waals surface area contributed by atoms with Crippen LogP contribution in [0.1, 0.15) is 27.6 Å². The second kappa shape index (κ2) is 9.34. The van der Waals surface area contributed by atoms with Crippen molar-refractivity contribution in [2.24, 2.45) is 0 Å². The van der Waals surface area contributed by atoms with E-state index in [1.165, 1.54) is 11.8 Å². The molecule has 0 aromatic heterocycles. The number of carboxylic acids is 1. The third kappa shape index (κ3) is 4.91. The zero-order valence-corrected chi connectivity index (χ0v) is 20.7. The molecule has 6 nitrogen and oxygen atoms in total. The summed E-state index contributed by atoms with van der Waals surface area (Å²) in [7, 11) is 3.15. The molecule has 0 heterocycles. The number of amides is 2. The minimum atomic E-state index is -1.39. The second-order valence-corrected chi connectivity index (χ2v) is 7.47. The number of rotatable bonds is 3. The SMILES string of the molecule is CC(=O)Nc1c(I)c(C(=O)[O-])c(I)c(C(=O)N(C)C)c1I.[Na+]. The van der Waals surface area contributed by atoms with Gasteiger partial charge < -0.3 is 20.1 Å². The Morgan fingerprint density at radius 2 is 1.45 bits per heavy atom. The predicted octanol–water partition coefficient (Wildman–Crippen LogP) is -1.47. The van der Waals surface area contributed by atoms with Crippen molar-refractivity contribution in [2.75, 3.05) is 19.4 Å². The molecule has 0 aliphatic heterocycles. The van der Waals surface area contributed by atoms with Crippen molar-refractivity contribution in [3.63, 3.8) is 0 Å². The monoisotopic (exact) mass is 650 g/mol. The smallest absolute Gasteiger partial charge is 0.545 e. The van der Waals surface area contributed by atoms with Gasteiger partial charge in [-0.3, -0.25) is 9.59 Å². The largest absolute Gasteiger partial charge is 1.00 e. The normalized spacial score (nSPS) is 9.73. The van der Waals surface area contributed by atoms with E-state index in [0.717, 1.165) is 0 Å². The number of hydrogen-bond donors (Lipinski definition) is 1. The van der Waals surface area contributed by atoms with Gasteiger partial charge in [-0.15, -0.1) is 0 Å². The van der Waals surface area contributed by atoms with Gasteiger partial charge >= 0.3 is 29.6 Å². The van der Waals surface area contributed by atoms with Gasteiger partial charge in [0.25, 0.3) is 5.91 Å². The fraction of sp³-hybridized carbons (Fsp3) is 0.250. The van der Waals surface area contributed by atoms with Crippen LogP contribution in [0.3, 0.4) is 0 Å². The molecule has 0 aliphatic carbocycles. The molecule has 0 fully saturated rings. The topological polar surface area (TPSA) is 89.5 Å². The number of carbonyl (C=O) groups is 3. The zero-order valence-electron chi connectivity index (χ0n) is 12.2. The second-order valence-electron chi connectivity index (χ2n) is 4.24. The molecule has 2 amide bonds.